The summed E-state index contributed by atoms with van der Waals surface area (Å²) in [6.07, 6.45) is 0.755. The minimum absolute atomic E-state index is 0.224. The van der Waals surface area contributed by atoms with E-state index in [1.807, 2.05) is 55.5 Å². The van der Waals surface area contributed by atoms with E-state index in [0.29, 0.717) is 33.0 Å². The zero-order valence-corrected chi connectivity index (χ0v) is 16.0. The lowest BCUT2D eigenvalue weighted by molar-refractivity contribution is 0.0453. The van der Waals surface area contributed by atoms with Gasteiger partial charge in [0.05, 0.1) is 26.9 Å². The lowest BCUT2D eigenvalue weighted by Gasteiger charge is -2.10. The highest BCUT2D eigenvalue weighted by molar-refractivity contribution is 5.89. The summed E-state index contributed by atoms with van der Waals surface area (Å²) in [5.41, 5.74) is 2.88. The minimum atomic E-state index is -0.224. The molecule has 6 nitrogen and oxygen atoms in total. The van der Waals surface area contributed by atoms with Gasteiger partial charge in [-0.1, -0.05) is 24.3 Å². The highest BCUT2D eigenvalue weighted by Crippen LogP contribution is 2.12. The Morgan fingerprint density at radius 2 is 1.78 bits per heavy atom. The van der Waals surface area contributed by atoms with Crippen LogP contribution in [-0.4, -0.2) is 39.5 Å². The van der Waals surface area contributed by atoms with Crippen molar-refractivity contribution in [3.8, 4) is 5.75 Å². The quantitative estimate of drug-likeness (QED) is 0.591. The molecule has 2 aromatic rings. The Kier molecular flexibility index (Phi) is 9.17. The maximum absolute atomic E-state index is 12.1. The van der Waals surface area contributed by atoms with Gasteiger partial charge in [0.1, 0.15) is 5.75 Å². The first-order chi connectivity index (χ1) is 13.2. The number of rotatable bonds is 11. The predicted octanol–water partition coefficient (Wildman–Crippen LogP) is 3.61. The third kappa shape index (κ3) is 8.11. The molecule has 0 aliphatic carbocycles. The van der Waals surface area contributed by atoms with E-state index < -0.39 is 0 Å². The zero-order valence-electron chi connectivity index (χ0n) is 16.0. The van der Waals surface area contributed by atoms with Gasteiger partial charge < -0.3 is 24.8 Å². The van der Waals surface area contributed by atoms with Crippen molar-refractivity contribution in [1.82, 2.24) is 5.32 Å². The SMILES string of the molecule is CCOCCOCc1cccc(NC(=O)NCCc2ccc(OC)cc2)c1. The van der Waals surface area contributed by atoms with Crippen LogP contribution in [0.5, 0.6) is 5.75 Å². The van der Waals surface area contributed by atoms with Crippen LogP contribution in [0.15, 0.2) is 48.5 Å². The van der Waals surface area contributed by atoms with E-state index in [1.165, 1.54) is 0 Å². The number of carbonyl (C=O) groups excluding carboxylic acids is 1. The Morgan fingerprint density at radius 1 is 1.00 bits per heavy atom. The van der Waals surface area contributed by atoms with Crippen LogP contribution >= 0.6 is 0 Å². The second-order valence-electron chi connectivity index (χ2n) is 5.93. The number of urea groups is 1. The molecule has 0 saturated carbocycles. The number of ether oxygens (including phenoxy) is 3. The molecule has 2 rings (SSSR count). The van der Waals surface area contributed by atoms with Gasteiger partial charge in [0, 0.05) is 18.8 Å². The highest BCUT2D eigenvalue weighted by Gasteiger charge is 2.03. The molecule has 6 heteroatoms. The molecule has 0 atom stereocenters. The van der Waals surface area contributed by atoms with Gasteiger partial charge in [-0.3, -0.25) is 0 Å². The number of hydrogen-bond acceptors (Lipinski definition) is 4. The molecule has 27 heavy (non-hydrogen) atoms. The summed E-state index contributed by atoms with van der Waals surface area (Å²) in [6.45, 7) is 4.83. The highest BCUT2D eigenvalue weighted by atomic mass is 16.5. The van der Waals surface area contributed by atoms with Crippen molar-refractivity contribution in [3.05, 3.63) is 59.7 Å². The Hall–Kier alpha value is -2.57. The maximum Gasteiger partial charge on any atom is 0.319 e. The molecule has 0 aromatic heterocycles. The molecule has 0 heterocycles. The standard InChI is InChI=1S/C21H28N2O4/c1-3-26-13-14-27-16-18-5-4-6-19(15-18)23-21(24)22-12-11-17-7-9-20(25-2)10-8-17/h4-10,15H,3,11-14,16H2,1-2H3,(H2,22,23,24). The van der Waals surface area contributed by atoms with Crippen LogP contribution in [0.2, 0.25) is 0 Å². The second-order valence-corrected chi connectivity index (χ2v) is 5.93. The summed E-state index contributed by atoms with van der Waals surface area (Å²) in [7, 11) is 1.64. The first kappa shape index (κ1) is 20.7. The number of carbonyl (C=O) groups is 1. The Labute approximate surface area is 160 Å². The zero-order chi connectivity index (χ0) is 19.3. The van der Waals surface area contributed by atoms with Crippen LogP contribution in [0.3, 0.4) is 0 Å². The fraction of sp³-hybridized carbons (Fsp3) is 0.381. The maximum atomic E-state index is 12.1. The van der Waals surface area contributed by atoms with Crippen molar-refractivity contribution >= 4 is 11.7 Å². The molecule has 0 bridgehead atoms. The fourth-order valence-electron chi connectivity index (χ4n) is 2.48. The van der Waals surface area contributed by atoms with Gasteiger partial charge in [0.25, 0.3) is 0 Å². The third-order valence-electron chi connectivity index (χ3n) is 3.89. The summed E-state index contributed by atoms with van der Waals surface area (Å²) in [6, 6.07) is 15.2. The first-order valence-electron chi connectivity index (χ1n) is 9.13. The van der Waals surface area contributed by atoms with E-state index >= 15 is 0 Å². The van der Waals surface area contributed by atoms with Crippen molar-refractivity contribution in [1.29, 1.82) is 0 Å². The lowest BCUT2D eigenvalue weighted by Crippen LogP contribution is -2.30. The predicted molar refractivity (Wildman–Crippen MR) is 106 cm³/mol. The lowest BCUT2D eigenvalue weighted by atomic mass is 10.1. The van der Waals surface area contributed by atoms with E-state index in [4.69, 9.17) is 14.2 Å². The fourth-order valence-corrected chi connectivity index (χ4v) is 2.48. The molecular weight excluding hydrogens is 344 g/mol. The molecule has 0 aliphatic rings. The van der Waals surface area contributed by atoms with Crippen molar-refractivity contribution in [2.45, 2.75) is 20.0 Å². The number of hydrogen-bond donors (Lipinski definition) is 2. The van der Waals surface area contributed by atoms with Crippen LogP contribution in [0.1, 0.15) is 18.1 Å². The molecule has 0 fully saturated rings. The summed E-state index contributed by atoms with van der Waals surface area (Å²) in [5, 5.41) is 5.71. The van der Waals surface area contributed by atoms with Crippen molar-refractivity contribution < 1.29 is 19.0 Å². The molecule has 2 N–H and O–H groups in total. The molecule has 2 amide bonds. The van der Waals surface area contributed by atoms with Gasteiger partial charge in [-0.2, -0.15) is 0 Å². The van der Waals surface area contributed by atoms with Gasteiger partial charge >= 0.3 is 6.03 Å². The van der Waals surface area contributed by atoms with Crippen molar-refractivity contribution in [2.75, 3.05) is 38.8 Å². The molecule has 0 radical (unpaired) electrons. The molecule has 0 spiro atoms. The van der Waals surface area contributed by atoms with Gasteiger partial charge in [-0.25, -0.2) is 4.79 Å². The molecular formula is C21H28N2O4. The summed E-state index contributed by atoms with van der Waals surface area (Å²) in [5.74, 6) is 0.825. The van der Waals surface area contributed by atoms with E-state index in [0.717, 1.165) is 29.0 Å². The number of anilines is 1. The van der Waals surface area contributed by atoms with Gasteiger partial charge in [0.15, 0.2) is 0 Å². The number of benzene rings is 2. The van der Waals surface area contributed by atoms with Crippen molar-refractivity contribution in [2.24, 2.45) is 0 Å². The topological polar surface area (TPSA) is 68.8 Å². The molecule has 0 aliphatic heterocycles. The molecule has 2 aromatic carbocycles. The monoisotopic (exact) mass is 372 g/mol. The van der Waals surface area contributed by atoms with E-state index in [9.17, 15) is 4.79 Å². The van der Waals surface area contributed by atoms with Gasteiger partial charge in [-0.15, -0.1) is 0 Å². The van der Waals surface area contributed by atoms with E-state index in [1.54, 1.807) is 7.11 Å². The van der Waals surface area contributed by atoms with Crippen LogP contribution in [0.4, 0.5) is 10.5 Å². The van der Waals surface area contributed by atoms with Crippen LogP contribution in [0.25, 0.3) is 0 Å². The molecule has 0 saturated heterocycles. The number of nitrogens with one attached hydrogen (secondary N) is 2. The van der Waals surface area contributed by atoms with Gasteiger partial charge in [-0.05, 0) is 48.7 Å². The smallest absolute Gasteiger partial charge is 0.319 e. The second kappa shape index (κ2) is 11.9. The Balaban J connectivity index is 1.70. The minimum Gasteiger partial charge on any atom is -0.497 e. The van der Waals surface area contributed by atoms with Crippen LogP contribution in [0, 0.1) is 0 Å². The summed E-state index contributed by atoms with van der Waals surface area (Å²) < 4.78 is 15.9. The van der Waals surface area contributed by atoms with Crippen LogP contribution < -0.4 is 15.4 Å². The Bertz CT molecular complexity index is 689. The largest absolute Gasteiger partial charge is 0.497 e. The third-order valence-corrected chi connectivity index (χ3v) is 3.89. The summed E-state index contributed by atoms with van der Waals surface area (Å²) in [4.78, 5) is 12.1. The average Bonchev–Trinajstić information content (AvgIpc) is 2.68. The van der Waals surface area contributed by atoms with Gasteiger partial charge in [0.2, 0.25) is 0 Å². The Morgan fingerprint density at radius 3 is 2.52 bits per heavy atom. The summed E-state index contributed by atoms with van der Waals surface area (Å²) >= 11 is 0. The number of amides is 2. The molecule has 146 valence electrons. The first-order valence-corrected chi connectivity index (χ1v) is 9.13. The van der Waals surface area contributed by atoms with E-state index in [2.05, 4.69) is 10.6 Å². The average molecular weight is 372 g/mol. The van der Waals surface area contributed by atoms with Crippen molar-refractivity contribution in [3.63, 3.8) is 0 Å². The van der Waals surface area contributed by atoms with E-state index in [-0.39, 0.29) is 6.03 Å². The van der Waals surface area contributed by atoms with Crippen LogP contribution in [-0.2, 0) is 22.5 Å². The number of methoxy groups -OCH3 is 1. The molecule has 0 unspecified atom stereocenters. The normalized spacial score (nSPS) is 10.4.